The van der Waals surface area contributed by atoms with Gasteiger partial charge in [-0.3, -0.25) is 4.79 Å². The van der Waals surface area contributed by atoms with Crippen LogP contribution in [-0.4, -0.2) is 21.9 Å². The Morgan fingerprint density at radius 2 is 1.91 bits per heavy atom. The van der Waals surface area contributed by atoms with E-state index in [1.54, 1.807) is 6.92 Å². The molecule has 0 bridgehead atoms. The lowest BCUT2D eigenvalue weighted by molar-refractivity contribution is -0.142. The number of halogens is 2. The summed E-state index contributed by atoms with van der Waals surface area (Å²) in [6.07, 6.45) is 0. The minimum Gasteiger partial charge on any atom is -0.480 e. The molecule has 0 aliphatic heterocycles. The quantitative estimate of drug-likeness (QED) is 0.609. The van der Waals surface area contributed by atoms with E-state index in [1.807, 2.05) is 0 Å². The summed E-state index contributed by atoms with van der Waals surface area (Å²) in [7, 11) is 0. The molecule has 0 spiro atoms. The Morgan fingerprint density at radius 1 is 1.64 bits per heavy atom. The minimum atomic E-state index is -1.22. The Morgan fingerprint density at radius 3 is 1.91 bits per heavy atom. The van der Waals surface area contributed by atoms with Crippen molar-refractivity contribution < 1.29 is 9.90 Å². The highest BCUT2D eigenvalue weighted by Crippen LogP contribution is 2.11. The molecule has 0 radical (unpaired) electrons. The zero-order valence-corrected chi connectivity index (χ0v) is 8.80. The fourth-order valence-electron chi connectivity index (χ4n) is 0.179. The van der Waals surface area contributed by atoms with Crippen molar-refractivity contribution in [2.75, 3.05) is 0 Å². The third-order valence-electron chi connectivity index (χ3n) is 1.33. The van der Waals surface area contributed by atoms with Crippen LogP contribution >= 0.6 is 37.4 Å². The van der Waals surface area contributed by atoms with Crippen LogP contribution in [0, 0.1) is 0 Å². The van der Waals surface area contributed by atoms with Crippen LogP contribution in [0.25, 0.3) is 0 Å². The highest BCUT2D eigenvalue weighted by molar-refractivity contribution is 7.81. The number of carboxylic acids is 1. The largest absolute Gasteiger partial charge is 0.480 e. The Kier molecular flexibility index (Phi) is 9.42. The Hall–Kier alpha value is 0.360. The molecule has 0 amide bonds. The number of hydrogen-bond donors (Lipinski definition) is 3. The average Bonchev–Trinajstić information content (AvgIpc) is 1.65. The van der Waals surface area contributed by atoms with Crippen LogP contribution in [0.2, 0.25) is 0 Å². The van der Waals surface area contributed by atoms with E-state index in [4.69, 9.17) is 10.8 Å². The Labute approximate surface area is 84.0 Å². The van der Waals surface area contributed by atoms with Crippen molar-refractivity contribution in [1.82, 2.24) is 0 Å². The second-order valence-electron chi connectivity index (χ2n) is 2.26. The fraction of sp³-hybridized carbons (Fsp3) is 0.800. The average molecular weight is 222 g/mol. The molecular weight excluding hydrogens is 209 g/mol. The summed E-state index contributed by atoms with van der Waals surface area (Å²) in [4.78, 5) is 10.3. The SMILES string of the molecule is CC(S)C(C)(N)C(=O)O.Cl.Cl. The predicted molar refractivity (Wildman–Crippen MR) is 53.2 cm³/mol. The molecule has 0 saturated heterocycles. The van der Waals surface area contributed by atoms with Crippen LogP contribution in [0.1, 0.15) is 13.8 Å². The summed E-state index contributed by atoms with van der Waals surface area (Å²) in [6.45, 7) is 3.09. The van der Waals surface area contributed by atoms with Crippen LogP contribution in [0.4, 0.5) is 0 Å². The lowest BCUT2D eigenvalue weighted by atomic mass is 10.0. The van der Waals surface area contributed by atoms with Crippen molar-refractivity contribution in [3.63, 3.8) is 0 Å². The van der Waals surface area contributed by atoms with E-state index in [0.717, 1.165) is 0 Å². The van der Waals surface area contributed by atoms with Gasteiger partial charge in [-0.05, 0) is 6.92 Å². The van der Waals surface area contributed by atoms with E-state index in [9.17, 15) is 4.79 Å². The first-order chi connectivity index (χ1) is 3.89. The molecule has 11 heavy (non-hydrogen) atoms. The van der Waals surface area contributed by atoms with Crippen LogP contribution in [0.15, 0.2) is 0 Å². The zero-order valence-electron chi connectivity index (χ0n) is 6.27. The van der Waals surface area contributed by atoms with Gasteiger partial charge in [0, 0.05) is 5.25 Å². The standard InChI is InChI=1S/C5H11NO2S.2ClH/c1-3(9)5(2,6)4(7)8;;/h3,9H,6H2,1-2H3,(H,7,8);2*1H. The smallest absolute Gasteiger partial charge is 0.324 e. The maximum atomic E-state index is 10.3. The summed E-state index contributed by atoms with van der Waals surface area (Å²) in [6, 6.07) is 0. The van der Waals surface area contributed by atoms with Gasteiger partial charge in [-0.15, -0.1) is 24.8 Å². The van der Waals surface area contributed by atoms with Crippen LogP contribution < -0.4 is 5.73 Å². The number of rotatable bonds is 2. The van der Waals surface area contributed by atoms with Crippen molar-refractivity contribution in [1.29, 1.82) is 0 Å². The molecule has 0 aromatic rings. The third-order valence-corrected chi connectivity index (χ3v) is 1.87. The van der Waals surface area contributed by atoms with E-state index in [-0.39, 0.29) is 30.1 Å². The van der Waals surface area contributed by atoms with Gasteiger partial charge in [-0.2, -0.15) is 12.6 Å². The molecule has 2 atom stereocenters. The summed E-state index contributed by atoms with van der Waals surface area (Å²) in [5, 5.41) is 8.10. The first-order valence-corrected chi connectivity index (χ1v) is 3.11. The first-order valence-electron chi connectivity index (χ1n) is 2.59. The van der Waals surface area contributed by atoms with Crippen LogP contribution in [0.3, 0.4) is 0 Å². The molecule has 0 saturated carbocycles. The molecule has 0 aromatic heterocycles. The van der Waals surface area contributed by atoms with E-state index < -0.39 is 11.5 Å². The molecular formula is C5H13Cl2NO2S. The highest BCUT2D eigenvalue weighted by atomic mass is 35.5. The van der Waals surface area contributed by atoms with Crippen molar-refractivity contribution >= 4 is 43.4 Å². The molecule has 0 aliphatic carbocycles. The summed E-state index contributed by atoms with van der Waals surface area (Å²) < 4.78 is 0. The van der Waals surface area contributed by atoms with E-state index in [1.165, 1.54) is 6.92 Å². The van der Waals surface area contributed by atoms with Gasteiger partial charge in [0.2, 0.25) is 0 Å². The topological polar surface area (TPSA) is 63.3 Å². The fourth-order valence-corrected chi connectivity index (χ4v) is 0.289. The van der Waals surface area contributed by atoms with Gasteiger partial charge in [0.15, 0.2) is 0 Å². The number of nitrogens with two attached hydrogens (primary N) is 1. The van der Waals surface area contributed by atoms with Gasteiger partial charge in [0.05, 0.1) is 0 Å². The van der Waals surface area contributed by atoms with Crippen molar-refractivity contribution in [3.8, 4) is 0 Å². The lowest BCUT2D eigenvalue weighted by Gasteiger charge is -2.22. The number of hydrogen-bond acceptors (Lipinski definition) is 3. The normalized spacial score (nSPS) is 16.7. The van der Waals surface area contributed by atoms with Crippen molar-refractivity contribution in [2.24, 2.45) is 5.73 Å². The Balaban J connectivity index is -0.000000320. The first kappa shape index (κ1) is 17.4. The van der Waals surface area contributed by atoms with E-state index in [0.29, 0.717) is 0 Å². The van der Waals surface area contributed by atoms with Gasteiger partial charge in [0.25, 0.3) is 0 Å². The second-order valence-corrected chi connectivity index (χ2v) is 3.04. The molecule has 3 nitrogen and oxygen atoms in total. The molecule has 6 heteroatoms. The molecule has 0 fully saturated rings. The summed E-state index contributed by atoms with van der Waals surface area (Å²) >= 11 is 3.91. The maximum absolute atomic E-state index is 10.3. The highest BCUT2D eigenvalue weighted by Gasteiger charge is 2.32. The number of carboxylic acid groups (broad SMARTS) is 1. The van der Waals surface area contributed by atoms with Gasteiger partial charge < -0.3 is 10.8 Å². The second kappa shape index (κ2) is 5.94. The molecule has 0 aromatic carbocycles. The van der Waals surface area contributed by atoms with Gasteiger partial charge >= 0.3 is 5.97 Å². The van der Waals surface area contributed by atoms with Crippen molar-refractivity contribution in [2.45, 2.75) is 24.6 Å². The predicted octanol–water partition coefficient (Wildman–Crippen LogP) is 0.950. The number of thiol groups is 1. The monoisotopic (exact) mass is 221 g/mol. The Bertz CT molecular complexity index is 130. The third kappa shape index (κ3) is 4.74. The van der Waals surface area contributed by atoms with E-state index >= 15 is 0 Å². The molecule has 0 rings (SSSR count). The number of carbonyl (C=O) groups is 1. The summed E-state index contributed by atoms with van der Waals surface area (Å²) in [5.74, 6) is -1.02. The molecule has 70 valence electrons. The molecule has 0 heterocycles. The van der Waals surface area contributed by atoms with Crippen LogP contribution in [0.5, 0.6) is 0 Å². The molecule has 0 aliphatic rings. The van der Waals surface area contributed by atoms with Crippen molar-refractivity contribution in [3.05, 3.63) is 0 Å². The van der Waals surface area contributed by atoms with Crippen LogP contribution in [-0.2, 0) is 4.79 Å². The van der Waals surface area contributed by atoms with E-state index in [2.05, 4.69) is 12.6 Å². The number of aliphatic carboxylic acids is 1. The van der Waals surface area contributed by atoms with Gasteiger partial charge in [0.1, 0.15) is 5.54 Å². The van der Waals surface area contributed by atoms with Gasteiger partial charge in [-0.1, -0.05) is 6.92 Å². The molecule has 2 unspecified atom stereocenters. The summed E-state index contributed by atoms with van der Waals surface area (Å²) in [5.41, 5.74) is 4.11. The minimum absolute atomic E-state index is 0. The zero-order chi connectivity index (χ0) is 7.65. The lowest BCUT2D eigenvalue weighted by Crippen LogP contribution is -2.51. The maximum Gasteiger partial charge on any atom is 0.324 e. The van der Waals surface area contributed by atoms with Gasteiger partial charge in [-0.25, -0.2) is 0 Å². The molecule has 3 N–H and O–H groups in total.